The van der Waals surface area contributed by atoms with Crippen molar-refractivity contribution < 1.29 is 35.8 Å². The minimum Gasteiger partial charge on any atom is -0.457 e. The number of rotatable bonds is 17. The highest BCUT2D eigenvalue weighted by Gasteiger charge is 2.48. The highest BCUT2D eigenvalue weighted by Crippen LogP contribution is 2.60. The molecule has 0 N–H and O–H groups in total. The minimum absolute atomic E-state index is 0.0353. The molecule has 482 valence electrons. The number of anilines is 6. The van der Waals surface area contributed by atoms with Crippen LogP contribution in [0.25, 0.3) is 45.5 Å². The average Bonchev–Trinajstić information content (AvgIpc) is 1.46. The molecular formula is C90H58F6N2O2. The standard InChI is InChI=1S/C90H58F6N2O2/c1-3-57-13-41-73(42-14-57)99-75-45-25-63(26-46-75)89(61-21-29-65(91)30-22-61)81-11-7-5-9-77(81)79-49-39-71(55-83(79)89)97(87-53-67(93)33-51-85(87)95)69-35-17-59(18-36-69)60-19-37-70(38-20-60)98(88-54-68(94)34-52-86(88)96)72-40-50-80-78-10-6-8-12-82(78)90(84(80)56-72,62-23-31-66(92)32-24-62)64-27-47-76(48-28-64)100-74-43-15-58(4-2)16-44-74/h3-56H,1-2H2. The van der Waals surface area contributed by atoms with Gasteiger partial charge in [-0.2, -0.15) is 0 Å². The van der Waals surface area contributed by atoms with Crippen molar-refractivity contribution in [3.05, 3.63) is 419 Å². The summed E-state index contributed by atoms with van der Waals surface area (Å²) in [6.07, 6.45) is 3.53. The maximum atomic E-state index is 16.7. The fourth-order valence-electron chi connectivity index (χ4n) is 14.7. The van der Waals surface area contributed by atoms with Gasteiger partial charge >= 0.3 is 0 Å². The van der Waals surface area contributed by atoms with E-state index in [2.05, 4.69) is 37.4 Å². The van der Waals surface area contributed by atoms with E-state index in [-0.39, 0.29) is 11.4 Å². The summed E-state index contributed by atoms with van der Waals surface area (Å²) in [7, 11) is 0. The lowest BCUT2D eigenvalue weighted by Crippen LogP contribution is -2.29. The van der Waals surface area contributed by atoms with Gasteiger partial charge in [-0.05, 0) is 235 Å². The van der Waals surface area contributed by atoms with Crippen LogP contribution in [0.4, 0.5) is 60.5 Å². The van der Waals surface area contributed by atoms with Gasteiger partial charge in [-0.25, -0.2) is 26.3 Å². The molecule has 0 bridgehead atoms. The Morgan fingerprint density at radius 3 is 0.920 bits per heavy atom. The van der Waals surface area contributed by atoms with Crippen molar-refractivity contribution >= 4 is 46.3 Å². The molecule has 2 atom stereocenters. The van der Waals surface area contributed by atoms with E-state index in [0.717, 1.165) is 113 Å². The lowest BCUT2D eigenvalue weighted by molar-refractivity contribution is 0.482. The quantitative estimate of drug-likeness (QED) is 0.0849. The van der Waals surface area contributed by atoms with Gasteiger partial charge in [0.25, 0.3) is 0 Å². The van der Waals surface area contributed by atoms with Crippen LogP contribution in [0.1, 0.15) is 55.6 Å². The lowest BCUT2D eigenvalue weighted by Gasteiger charge is -2.35. The lowest BCUT2D eigenvalue weighted by atomic mass is 9.67. The summed E-state index contributed by atoms with van der Waals surface area (Å²) in [5.41, 5.74) is 13.9. The Bertz CT molecular complexity index is 5110. The van der Waals surface area contributed by atoms with Crippen molar-refractivity contribution in [3.63, 3.8) is 0 Å². The molecule has 0 fully saturated rings. The average molecular weight is 1310 g/mol. The van der Waals surface area contributed by atoms with Gasteiger partial charge in [0.05, 0.1) is 22.2 Å². The summed E-state index contributed by atoms with van der Waals surface area (Å²) < 4.78 is 107. The smallest absolute Gasteiger partial charge is 0.147 e. The normalized spacial score (nSPS) is 14.7. The number of ether oxygens (including phenoxy) is 2. The zero-order valence-electron chi connectivity index (χ0n) is 53.6. The zero-order valence-corrected chi connectivity index (χ0v) is 53.6. The highest BCUT2D eigenvalue weighted by molar-refractivity contribution is 5.92. The van der Waals surface area contributed by atoms with Crippen molar-refractivity contribution in [3.8, 4) is 56.4 Å². The third-order valence-corrected chi connectivity index (χ3v) is 19.3. The number of halogens is 6. The molecule has 0 saturated heterocycles. The third kappa shape index (κ3) is 10.8. The van der Waals surface area contributed by atoms with E-state index in [4.69, 9.17) is 9.47 Å². The van der Waals surface area contributed by atoms with Crippen molar-refractivity contribution in [2.75, 3.05) is 9.80 Å². The molecule has 14 aromatic rings. The van der Waals surface area contributed by atoms with E-state index in [9.17, 15) is 0 Å². The van der Waals surface area contributed by atoms with Crippen LogP contribution in [0.15, 0.2) is 329 Å². The molecule has 0 heterocycles. The number of hydrogen-bond acceptors (Lipinski definition) is 4. The molecule has 0 saturated carbocycles. The molecule has 2 aliphatic rings. The van der Waals surface area contributed by atoms with Crippen LogP contribution < -0.4 is 19.3 Å². The highest BCUT2D eigenvalue weighted by atomic mass is 19.1. The van der Waals surface area contributed by atoms with Crippen LogP contribution in [-0.2, 0) is 10.8 Å². The van der Waals surface area contributed by atoms with Crippen molar-refractivity contribution in [2.24, 2.45) is 0 Å². The number of benzene rings is 14. The van der Waals surface area contributed by atoms with Crippen LogP contribution in [0, 0.1) is 34.9 Å². The second kappa shape index (κ2) is 25.4. The summed E-state index contributed by atoms with van der Waals surface area (Å²) in [5.74, 6) is -0.898. The number of fused-ring (bicyclic) bond motifs is 6. The van der Waals surface area contributed by atoms with Gasteiger partial charge in [-0.3, -0.25) is 0 Å². The summed E-state index contributed by atoms with van der Waals surface area (Å²) in [5, 5.41) is 0. The predicted molar refractivity (Wildman–Crippen MR) is 389 cm³/mol. The fourth-order valence-corrected chi connectivity index (χ4v) is 14.7. The molecule has 0 aromatic heterocycles. The Balaban J connectivity index is 0.778. The van der Waals surface area contributed by atoms with Crippen LogP contribution in [0.5, 0.6) is 23.0 Å². The molecule has 2 unspecified atom stereocenters. The molecule has 10 heteroatoms. The fraction of sp³-hybridized carbons (Fsp3) is 0.0222. The molecule has 0 spiro atoms. The molecule has 14 aromatic carbocycles. The first-order chi connectivity index (χ1) is 48.9. The first-order valence-corrected chi connectivity index (χ1v) is 32.6. The van der Waals surface area contributed by atoms with Gasteiger partial charge in [-0.1, -0.05) is 183 Å². The molecular weight excluding hydrogens is 1250 g/mol. The summed E-state index contributed by atoms with van der Waals surface area (Å²) >= 11 is 0. The van der Waals surface area contributed by atoms with Gasteiger partial charge in [0.1, 0.15) is 57.9 Å². The minimum atomic E-state index is -1.04. The van der Waals surface area contributed by atoms with Crippen molar-refractivity contribution in [2.45, 2.75) is 10.8 Å². The zero-order chi connectivity index (χ0) is 68.2. The van der Waals surface area contributed by atoms with Crippen molar-refractivity contribution in [1.29, 1.82) is 0 Å². The SMILES string of the molecule is C=Cc1ccc(Oc2ccc(C3(c4ccc(F)cc4)c4ccccc4-c4ccc(N(c5ccc(-c6ccc(N(c7ccc8c(c7)C(c7ccc(F)cc7)(c7ccc(Oc9ccc(C=C)cc9)cc7)c7ccccc7-8)c7cc(F)ccc7F)cc6)cc5)c5cc(F)ccc5F)cc43)cc2)cc1. The predicted octanol–water partition coefficient (Wildman–Crippen LogP) is 24.7. The largest absolute Gasteiger partial charge is 0.457 e. The molecule has 100 heavy (non-hydrogen) atoms. The Labute approximate surface area is 575 Å². The third-order valence-electron chi connectivity index (χ3n) is 19.3. The monoisotopic (exact) mass is 1310 g/mol. The van der Waals surface area contributed by atoms with E-state index in [1.54, 1.807) is 46.2 Å². The van der Waals surface area contributed by atoms with Crippen LogP contribution in [-0.4, -0.2) is 0 Å². The first-order valence-electron chi connectivity index (χ1n) is 32.6. The summed E-state index contributed by atoms with van der Waals surface area (Å²) in [6.45, 7) is 7.73. The number of hydrogen-bond donors (Lipinski definition) is 0. The van der Waals surface area contributed by atoms with E-state index in [0.29, 0.717) is 45.7 Å². The maximum Gasteiger partial charge on any atom is 0.147 e. The van der Waals surface area contributed by atoms with E-state index >= 15 is 26.3 Å². The Morgan fingerprint density at radius 2 is 0.570 bits per heavy atom. The first kappa shape index (κ1) is 62.2. The second-order valence-electron chi connectivity index (χ2n) is 24.8. The molecule has 0 radical (unpaired) electrons. The Hall–Kier alpha value is -12.7. The molecule has 0 aliphatic heterocycles. The van der Waals surface area contributed by atoms with E-state index < -0.39 is 45.7 Å². The van der Waals surface area contributed by atoms with Gasteiger partial charge in [0, 0.05) is 34.9 Å². The van der Waals surface area contributed by atoms with Crippen LogP contribution in [0.2, 0.25) is 0 Å². The second-order valence-corrected chi connectivity index (χ2v) is 24.8. The van der Waals surface area contributed by atoms with Gasteiger partial charge in [0.15, 0.2) is 0 Å². The van der Waals surface area contributed by atoms with Crippen molar-refractivity contribution in [1.82, 2.24) is 0 Å². The summed E-state index contributed by atoms with van der Waals surface area (Å²) in [6, 6.07) is 93.7. The molecule has 0 amide bonds. The summed E-state index contributed by atoms with van der Waals surface area (Å²) in [4.78, 5) is 3.39. The van der Waals surface area contributed by atoms with Gasteiger partial charge in [-0.15, -0.1) is 0 Å². The van der Waals surface area contributed by atoms with Crippen LogP contribution >= 0.6 is 0 Å². The van der Waals surface area contributed by atoms with E-state index in [1.807, 2.05) is 206 Å². The molecule has 2 aliphatic carbocycles. The van der Waals surface area contributed by atoms with E-state index in [1.165, 1.54) is 36.4 Å². The molecule has 4 nitrogen and oxygen atoms in total. The Kier molecular flexibility index (Phi) is 15.8. The maximum absolute atomic E-state index is 16.7. The van der Waals surface area contributed by atoms with Crippen LogP contribution in [0.3, 0.4) is 0 Å². The number of nitrogens with zero attached hydrogens (tertiary/aromatic N) is 2. The van der Waals surface area contributed by atoms with Gasteiger partial charge < -0.3 is 19.3 Å². The topological polar surface area (TPSA) is 24.9 Å². The molecule has 16 rings (SSSR count). The van der Waals surface area contributed by atoms with Gasteiger partial charge in [0.2, 0.25) is 0 Å². The Morgan fingerprint density at radius 1 is 0.270 bits per heavy atom.